The smallest absolute Gasteiger partial charge is 0.264 e. The molecule has 5 heteroatoms. The summed E-state index contributed by atoms with van der Waals surface area (Å²) in [6.07, 6.45) is 8.64. The van der Waals surface area contributed by atoms with E-state index in [1.165, 1.54) is 36.1 Å². The van der Waals surface area contributed by atoms with Crippen LogP contribution in [-0.4, -0.2) is 15.6 Å². The number of aromatic nitrogens is 2. The molecule has 1 saturated carbocycles. The second-order valence-corrected chi connectivity index (χ2v) is 7.03. The van der Waals surface area contributed by atoms with Crippen LogP contribution < -0.4 is 10.9 Å². The van der Waals surface area contributed by atoms with Crippen molar-refractivity contribution >= 4 is 27.5 Å². The number of nitrogens with one attached hydrogen (secondary N) is 1. The zero-order valence-electron chi connectivity index (χ0n) is 12.0. The number of rotatable bonds is 4. The molecule has 2 aromatic heterocycles. The molecule has 4 nitrogen and oxygen atoms in total. The molecular formula is C16H19N3OS. The van der Waals surface area contributed by atoms with E-state index in [0.29, 0.717) is 18.5 Å². The number of anilines is 1. The molecule has 0 spiro atoms. The fourth-order valence-corrected chi connectivity index (χ4v) is 4.31. The molecular weight excluding hydrogens is 282 g/mol. The van der Waals surface area contributed by atoms with Crippen molar-refractivity contribution in [2.45, 2.75) is 51.1 Å². The summed E-state index contributed by atoms with van der Waals surface area (Å²) in [6, 6.07) is 0.486. The van der Waals surface area contributed by atoms with Gasteiger partial charge in [-0.1, -0.05) is 6.08 Å². The molecule has 21 heavy (non-hydrogen) atoms. The summed E-state index contributed by atoms with van der Waals surface area (Å²) in [5.41, 5.74) is 1.36. The van der Waals surface area contributed by atoms with Crippen molar-refractivity contribution in [3.05, 3.63) is 33.4 Å². The number of hydrogen-bond donors (Lipinski definition) is 1. The van der Waals surface area contributed by atoms with Crippen LogP contribution in [0.25, 0.3) is 10.2 Å². The van der Waals surface area contributed by atoms with Crippen LogP contribution in [0.15, 0.2) is 17.4 Å². The van der Waals surface area contributed by atoms with Crippen LogP contribution >= 0.6 is 11.3 Å². The number of allylic oxidation sites excluding steroid dienone is 1. The maximum atomic E-state index is 12.9. The normalized spacial score (nSPS) is 17.7. The molecule has 2 heterocycles. The number of aryl methyl sites for hydroxylation is 2. The van der Waals surface area contributed by atoms with Gasteiger partial charge in [-0.15, -0.1) is 17.9 Å². The fraction of sp³-hybridized carbons (Fsp3) is 0.500. The lowest BCUT2D eigenvalue weighted by atomic mass is 9.97. The molecule has 2 aliphatic carbocycles. The van der Waals surface area contributed by atoms with Crippen molar-refractivity contribution in [1.29, 1.82) is 0 Å². The molecule has 110 valence electrons. The fourth-order valence-electron chi connectivity index (χ4n) is 3.06. The van der Waals surface area contributed by atoms with Gasteiger partial charge in [0.2, 0.25) is 5.95 Å². The summed E-state index contributed by atoms with van der Waals surface area (Å²) in [6.45, 7) is 4.29. The largest absolute Gasteiger partial charge is 0.353 e. The van der Waals surface area contributed by atoms with Gasteiger partial charge in [0.05, 0.1) is 5.39 Å². The molecule has 1 N–H and O–H groups in total. The van der Waals surface area contributed by atoms with Crippen molar-refractivity contribution < 1.29 is 0 Å². The summed E-state index contributed by atoms with van der Waals surface area (Å²) >= 11 is 1.71. The zero-order chi connectivity index (χ0) is 14.4. The van der Waals surface area contributed by atoms with E-state index in [4.69, 9.17) is 4.98 Å². The summed E-state index contributed by atoms with van der Waals surface area (Å²) in [7, 11) is 0. The average molecular weight is 301 g/mol. The van der Waals surface area contributed by atoms with Crippen LogP contribution in [0.4, 0.5) is 5.95 Å². The third kappa shape index (κ3) is 2.20. The van der Waals surface area contributed by atoms with Crippen molar-refractivity contribution in [2.24, 2.45) is 0 Å². The Labute approximate surface area is 127 Å². The van der Waals surface area contributed by atoms with E-state index in [-0.39, 0.29) is 5.56 Å². The number of hydrogen-bond acceptors (Lipinski definition) is 4. The predicted molar refractivity (Wildman–Crippen MR) is 87.4 cm³/mol. The van der Waals surface area contributed by atoms with Gasteiger partial charge in [-0.05, 0) is 44.1 Å². The monoisotopic (exact) mass is 301 g/mol. The lowest BCUT2D eigenvalue weighted by Crippen LogP contribution is -2.25. The minimum absolute atomic E-state index is 0.0995. The molecule has 0 aliphatic heterocycles. The average Bonchev–Trinajstić information content (AvgIpc) is 3.21. The van der Waals surface area contributed by atoms with E-state index in [1.54, 1.807) is 22.0 Å². The first-order valence-corrected chi connectivity index (χ1v) is 8.52. The van der Waals surface area contributed by atoms with Crippen molar-refractivity contribution in [1.82, 2.24) is 9.55 Å². The van der Waals surface area contributed by atoms with Crippen LogP contribution in [0.1, 0.15) is 36.1 Å². The standard InChI is InChI=1S/C16H19N3OS/c1-2-9-19-15(20)13-11-5-3-4-6-12(11)21-14(13)18-16(19)17-10-7-8-10/h2,10H,1,3-9H2,(H,17,18). The highest BCUT2D eigenvalue weighted by atomic mass is 32.1. The lowest BCUT2D eigenvalue weighted by molar-refractivity contribution is 0.698. The molecule has 0 unspecified atom stereocenters. The first-order chi connectivity index (χ1) is 10.3. The van der Waals surface area contributed by atoms with Gasteiger partial charge >= 0.3 is 0 Å². The van der Waals surface area contributed by atoms with Crippen molar-refractivity contribution in [3.8, 4) is 0 Å². The maximum absolute atomic E-state index is 12.9. The summed E-state index contributed by atoms with van der Waals surface area (Å²) in [5, 5.41) is 4.25. The predicted octanol–water partition coefficient (Wildman–Crippen LogP) is 3.10. The molecule has 1 fully saturated rings. The SMILES string of the molecule is C=CCn1c(NC2CC2)nc2sc3c(c2c1=O)CCCC3. The molecule has 0 bridgehead atoms. The number of thiophene rings is 1. The van der Waals surface area contributed by atoms with Crippen LogP contribution in [0, 0.1) is 0 Å². The molecule has 0 saturated heterocycles. The van der Waals surface area contributed by atoms with Crippen LogP contribution in [-0.2, 0) is 19.4 Å². The molecule has 4 rings (SSSR count). The molecule has 0 amide bonds. The Hall–Kier alpha value is -1.62. The topological polar surface area (TPSA) is 46.9 Å². The minimum Gasteiger partial charge on any atom is -0.353 e. The van der Waals surface area contributed by atoms with Gasteiger partial charge in [0.25, 0.3) is 5.56 Å². The number of fused-ring (bicyclic) bond motifs is 3. The summed E-state index contributed by atoms with van der Waals surface area (Å²) in [5.74, 6) is 0.716. The molecule has 2 aromatic rings. The third-order valence-corrected chi connectivity index (χ3v) is 5.48. The van der Waals surface area contributed by atoms with Crippen LogP contribution in [0.5, 0.6) is 0 Å². The Balaban J connectivity index is 1.94. The molecule has 0 atom stereocenters. The van der Waals surface area contributed by atoms with Gasteiger partial charge in [-0.2, -0.15) is 0 Å². The highest BCUT2D eigenvalue weighted by molar-refractivity contribution is 7.18. The van der Waals surface area contributed by atoms with E-state index in [1.807, 2.05) is 0 Å². The Bertz CT molecular complexity index is 770. The van der Waals surface area contributed by atoms with Gasteiger partial charge in [0.1, 0.15) is 4.83 Å². The van der Waals surface area contributed by atoms with Crippen molar-refractivity contribution in [3.63, 3.8) is 0 Å². The first-order valence-electron chi connectivity index (χ1n) is 7.70. The highest BCUT2D eigenvalue weighted by Crippen LogP contribution is 2.34. The second kappa shape index (κ2) is 4.98. The first kappa shape index (κ1) is 13.1. The van der Waals surface area contributed by atoms with E-state index >= 15 is 0 Å². The minimum atomic E-state index is 0.0995. The van der Waals surface area contributed by atoms with Gasteiger partial charge in [-0.3, -0.25) is 9.36 Å². The highest BCUT2D eigenvalue weighted by Gasteiger charge is 2.25. The van der Waals surface area contributed by atoms with E-state index in [0.717, 1.165) is 23.1 Å². The Kier molecular flexibility index (Phi) is 3.10. The maximum Gasteiger partial charge on any atom is 0.264 e. The van der Waals surface area contributed by atoms with Gasteiger partial charge < -0.3 is 5.32 Å². The summed E-state index contributed by atoms with van der Waals surface area (Å²) in [4.78, 5) is 20.0. The quantitative estimate of drug-likeness (QED) is 0.883. The Morgan fingerprint density at radius 3 is 2.95 bits per heavy atom. The van der Waals surface area contributed by atoms with E-state index in [9.17, 15) is 4.79 Å². The third-order valence-electron chi connectivity index (χ3n) is 4.30. The van der Waals surface area contributed by atoms with E-state index in [2.05, 4.69) is 11.9 Å². The van der Waals surface area contributed by atoms with Gasteiger partial charge in [-0.25, -0.2) is 4.98 Å². The molecule has 0 radical (unpaired) electrons. The van der Waals surface area contributed by atoms with Crippen LogP contribution in [0.3, 0.4) is 0 Å². The second-order valence-electron chi connectivity index (χ2n) is 5.95. The Morgan fingerprint density at radius 1 is 1.38 bits per heavy atom. The molecule has 0 aromatic carbocycles. The van der Waals surface area contributed by atoms with E-state index < -0.39 is 0 Å². The van der Waals surface area contributed by atoms with Crippen molar-refractivity contribution in [2.75, 3.05) is 5.32 Å². The summed E-state index contributed by atoms with van der Waals surface area (Å²) < 4.78 is 1.75. The van der Waals surface area contributed by atoms with Gasteiger partial charge in [0.15, 0.2) is 0 Å². The zero-order valence-corrected chi connectivity index (χ0v) is 12.8. The van der Waals surface area contributed by atoms with Crippen LogP contribution in [0.2, 0.25) is 0 Å². The lowest BCUT2D eigenvalue weighted by Gasteiger charge is -2.13. The molecule has 2 aliphatic rings. The Morgan fingerprint density at radius 2 is 2.19 bits per heavy atom. The number of nitrogens with zero attached hydrogens (tertiary/aromatic N) is 2. The van der Waals surface area contributed by atoms with Gasteiger partial charge in [0, 0.05) is 17.5 Å².